The minimum atomic E-state index is 0.827. The molecule has 0 unspecified atom stereocenters. The zero-order valence-corrected chi connectivity index (χ0v) is 15.0. The summed E-state index contributed by atoms with van der Waals surface area (Å²) in [4.78, 5) is 0. The van der Waals surface area contributed by atoms with E-state index < -0.39 is 0 Å². The summed E-state index contributed by atoms with van der Waals surface area (Å²) in [7, 11) is 0. The Kier molecular flexibility index (Phi) is 3.68. The summed E-state index contributed by atoms with van der Waals surface area (Å²) in [5.41, 5.74) is 13.4. The van der Waals surface area contributed by atoms with Crippen LogP contribution in [-0.2, 0) is 6.42 Å². The van der Waals surface area contributed by atoms with Crippen LogP contribution in [0.3, 0.4) is 0 Å². The van der Waals surface area contributed by atoms with Crippen molar-refractivity contribution in [3.63, 3.8) is 0 Å². The van der Waals surface area contributed by atoms with E-state index in [-0.39, 0.29) is 0 Å². The first-order chi connectivity index (χ1) is 13.3. The molecule has 130 valence electrons. The van der Waals surface area contributed by atoms with Gasteiger partial charge in [-0.2, -0.15) is 0 Å². The lowest BCUT2D eigenvalue weighted by Gasteiger charge is -2.08. The number of aromatic nitrogens is 1. The Labute approximate surface area is 158 Å². The van der Waals surface area contributed by atoms with Gasteiger partial charge in [0.1, 0.15) is 0 Å². The molecule has 5 aromatic rings. The number of rotatable bonds is 3. The monoisotopic (exact) mass is 348 g/mol. The number of para-hydroxylation sites is 1. The van der Waals surface area contributed by atoms with Crippen LogP contribution in [0.25, 0.3) is 27.5 Å². The number of hydrogen-bond donors (Lipinski definition) is 1. The Morgan fingerprint density at radius 3 is 1.96 bits per heavy atom. The largest absolute Gasteiger partial charge is 0.398 e. The van der Waals surface area contributed by atoms with Crippen molar-refractivity contribution in [2.75, 3.05) is 5.73 Å². The number of benzene rings is 4. The van der Waals surface area contributed by atoms with E-state index in [1.165, 1.54) is 22.0 Å². The lowest BCUT2D eigenvalue weighted by Crippen LogP contribution is -1.94. The van der Waals surface area contributed by atoms with Crippen LogP contribution in [0.5, 0.6) is 0 Å². The van der Waals surface area contributed by atoms with E-state index in [2.05, 4.69) is 83.4 Å². The first kappa shape index (κ1) is 15.7. The minimum absolute atomic E-state index is 0.827. The summed E-state index contributed by atoms with van der Waals surface area (Å²) in [5, 5.41) is 2.39. The maximum Gasteiger partial charge on any atom is 0.0561 e. The van der Waals surface area contributed by atoms with Gasteiger partial charge in [-0.1, -0.05) is 66.7 Å². The van der Waals surface area contributed by atoms with Gasteiger partial charge < -0.3 is 10.3 Å². The highest BCUT2D eigenvalue weighted by Gasteiger charge is 2.16. The van der Waals surface area contributed by atoms with Crippen LogP contribution in [0.2, 0.25) is 0 Å². The van der Waals surface area contributed by atoms with E-state index in [1.54, 1.807) is 0 Å². The molecule has 0 aliphatic rings. The highest BCUT2D eigenvalue weighted by atomic mass is 15.0. The standard InChI is InChI=1S/C25H20N2/c26-21-14-8-16-23-25(21)24-19(17-18-9-3-1-4-10-18)11-7-15-22(24)27(23)20-12-5-2-6-13-20/h1-16H,17,26H2. The number of hydrogen-bond acceptors (Lipinski definition) is 1. The molecule has 0 saturated heterocycles. The Hall–Kier alpha value is -3.52. The zero-order chi connectivity index (χ0) is 18.2. The van der Waals surface area contributed by atoms with E-state index in [0.717, 1.165) is 28.7 Å². The predicted octanol–water partition coefficient (Wildman–Crippen LogP) is 5.96. The first-order valence-corrected chi connectivity index (χ1v) is 9.23. The van der Waals surface area contributed by atoms with Gasteiger partial charge in [0.05, 0.1) is 11.0 Å². The van der Waals surface area contributed by atoms with Gasteiger partial charge in [0.25, 0.3) is 0 Å². The van der Waals surface area contributed by atoms with Crippen LogP contribution in [0.4, 0.5) is 5.69 Å². The molecule has 0 fully saturated rings. The van der Waals surface area contributed by atoms with Gasteiger partial charge >= 0.3 is 0 Å². The predicted molar refractivity (Wildman–Crippen MR) is 114 cm³/mol. The van der Waals surface area contributed by atoms with Crippen molar-refractivity contribution < 1.29 is 0 Å². The normalized spacial score (nSPS) is 11.3. The summed E-state index contributed by atoms with van der Waals surface area (Å²) < 4.78 is 2.32. The molecule has 4 aromatic carbocycles. The zero-order valence-electron chi connectivity index (χ0n) is 15.0. The minimum Gasteiger partial charge on any atom is -0.398 e. The number of fused-ring (bicyclic) bond motifs is 3. The molecule has 1 heterocycles. The second-order valence-corrected chi connectivity index (χ2v) is 6.89. The molecule has 2 nitrogen and oxygen atoms in total. The van der Waals surface area contributed by atoms with Crippen LogP contribution < -0.4 is 5.73 Å². The molecule has 0 aliphatic heterocycles. The average Bonchev–Trinajstić information content (AvgIpc) is 3.06. The molecule has 0 amide bonds. The van der Waals surface area contributed by atoms with Crippen molar-refractivity contribution in [3.8, 4) is 5.69 Å². The molecule has 0 saturated carbocycles. The SMILES string of the molecule is Nc1cccc2c1c1c(Cc3ccccc3)cccc1n2-c1ccccc1. The fourth-order valence-electron chi connectivity index (χ4n) is 4.03. The van der Waals surface area contributed by atoms with Gasteiger partial charge in [0.2, 0.25) is 0 Å². The number of nitrogens with zero attached hydrogens (tertiary/aromatic N) is 1. The van der Waals surface area contributed by atoms with E-state index >= 15 is 0 Å². The molecular formula is C25H20N2. The lowest BCUT2D eigenvalue weighted by molar-refractivity contribution is 1.17. The van der Waals surface area contributed by atoms with Gasteiger partial charge in [0, 0.05) is 22.1 Å². The second-order valence-electron chi connectivity index (χ2n) is 6.89. The smallest absolute Gasteiger partial charge is 0.0561 e. The number of nitrogen functional groups attached to an aromatic ring is 1. The Morgan fingerprint density at radius 2 is 1.22 bits per heavy atom. The Morgan fingerprint density at radius 1 is 0.593 bits per heavy atom. The lowest BCUT2D eigenvalue weighted by atomic mass is 9.99. The van der Waals surface area contributed by atoms with E-state index in [1.807, 2.05) is 18.2 Å². The summed E-state index contributed by atoms with van der Waals surface area (Å²) in [6.07, 6.45) is 0.889. The van der Waals surface area contributed by atoms with Crippen molar-refractivity contribution >= 4 is 27.5 Å². The molecule has 2 N–H and O–H groups in total. The topological polar surface area (TPSA) is 30.9 Å². The van der Waals surface area contributed by atoms with Crippen LogP contribution in [0.15, 0.2) is 97.1 Å². The summed E-state index contributed by atoms with van der Waals surface area (Å²) in [5.74, 6) is 0. The van der Waals surface area contributed by atoms with E-state index in [4.69, 9.17) is 5.73 Å². The molecule has 0 spiro atoms. The van der Waals surface area contributed by atoms with Crippen molar-refractivity contribution in [2.24, 2.45) is 0 Å². The van der Waals surface area contributed by atoms with Gasteiger partial charge in [0.15, 0.2) is 0 Å². The van der Waals surface area contributed by atoms with E-state index in [0.29, 0.717) is 0 Å². The molecule has 0 atom stereocenters. The van der Waals surface area contributed by atoms with Crippen LogP contribution in [0.1, 0.15) is 11.1 Å². The average molecular weight is 348 g/mol. The van der Waals surface area contributed by atoms with E-state index in [9.17, 15) is 0 Å². The summed E-state index contributed by atoms with van der Waals surface area (Å²) in [6.45, 7) is 0. The molecule has 5 rings (SSSR count). The molecule has 2 heteroatoms. The molecule has 0 bridgehead atoms. The number of nitrogens with two attached hydrogens (primary N) is 1. The van der Waals surface area contributed by atoms with Crippen molar-refractivity contribution in [2.45, 2.75) is 6.42 Å². The van der Waals surface area contributed by atoms with Gasteiger partial charge in [-0.3, -0.25) is 0 Å². The van der Waals surface area contributed by atoms with Gasteiger partial charge in [-0.05, 0) is 47.9 Å². The first-order valence-electron chi connectivity index (χ1n) is 9.23. The van der Waals surface area contributed by atoms with Crippen molar-refractivity contribution in [3.05, 3.63) is 108 Å². The van der Waals surface area contributed by atoms with Crippen LogP contribution >= 0.6 is 0 Å². The maximum atomic E-state index is 6.46. The third-order valence-corrected chi connectivity index (χ3v) is 5.19. The third kappa shape index (κ3) is 2.58. The fourth-order valence-corrected chi connectivity index (χ4v) is 4.03. The van der Waals surface area contributed by atoms with Gasteiger partial charge in [-0.25, -0.2) is 0 Å². The summed E-state index contributed by atoms with van der Waals surface area (Å²) >= 11 is 0. The maximum absolute atomic E-state index is 6.46. The highest BCUT2D eigenvalue weighted by molar-refractivity contribution is 6.15. The Bertz CT molecular complexity index is 1240. The van der Waals surface area contributed by atoms with Gasteiger partial charge in [-0.15, -0.1) is 0 Å². The second kappa shape index (κ2) is 6.33. The van der Waals surface area contributed by atoms with Crippen molar-refractivity contribution in [1.82, 2.24) is 4.57 Å². The van der Waals surface area contributed by atoms with Crippen molar-refractivity contribution in [1.29, 1.82) is 0 Å². The molecule has 27 heavy (non-hydrogen) atoms. The molecule has 0 radical (unpaired) electrons. The molecular weight excluding hydrogens is 328 g/mol. The molecule has 1 aromatic heterocycles. The summed E-state index contributed by atoms with van der Waals surface area (Å²) in [6, 6.07) is 33.8. The Balaban J connectivity index is 1.86. The number of anilines is 1. The molecule has 0 aliphatic carbocycles. The highest BCUT2D eigenvalue weighted by Crippen LogP contribution is 2.37. The fraction of sp³-hybridized carbons (Fsp3) is 0.0400. The third-order valence-electron chi connectivity index (χ3n) is 5.19. The quantitative estimate of drug-likeness (QED) is 0.401. The van der Waals surface area contributed by atoms with Crippen LogP contribution in [-0.4, -0.2) is 4.57 Å². The van der Waals surface area contributed by atoms with Crippen LogP contribution in [0, 0.1) is 0 Å².